The number of ketones is 1. The number of carbonyl (C=O) groups is 6. The fourth-order valence-electron chi connectivity index (χ4n) is 10.4. The Hall–Kier alpha value is -5.70. The molecule has 3 aromatic carbocycles. The lowest BCUT2D eigenvalue weighted by molar-refractivity contribution is -0.346. The van der Waals surface area contributed by atoms with Crippen LogP contribution in [0.5, 0.6) is 0 Å². The molecule has 3 fully saturated rings. The predicted octanol–water partition coefficient (Wildman–Crippen LogP) is 5.01. The van der Waals surface area contributed by atoms with Gasteiger partial charge in [-0.3, -0.25) is 24.0 Å². The van der Waals surface area contributed by atoms with Gasteiger partial charge in [-0.25, -0.2) is 4.79 Å². The smallest absolute Gasteiger partial charge is 0.338 e. The summed E-state index contributed by atoms with van der Waals surface area (Å²) in [6.45, 7) is 9.87. The van der Waals surface area contributed by atoms with Gasteiger partial charge in [0.15, 0.2) is 17.5 Å². The summed E-state index contributed by atoms with van der Waals surface area (Å²) < 4.78 is 30.7. The molecule has 3 aromatic rings. The van der Waals surface area contributed by atoms with Crippen molar-refractivity contribution in [2.75, 3.05) is 6.61 Å². The number of nitrogens with one attached hydrogen (secondary N) is 1. The Morgan fingerprint density at radius 3 is 1.95 bits per heavy atom. The minimum atomic E-state index is -2.31. The second kappa shape index (κ2) is 16.5. The summed E-state index contributed by atoms with van der Waals surface area (Å²) in [6.07, 6.45) is -7.99. The van der Waals surface area contributed by atoms with Crippen molar-refractivity contribution in [1.29, 1.82) is 0 Å². The van der Waals surface area contributed by atoms with Crippen molar-refractivity contribution in [2.24, 2.45) is 22.7 Å². The molecule has 3 aliphatic carbocycles. The number of aliphatic hydroxyl groups excluding tert-OH is 1. The topological polar surface area (TPSA) is 201 Å². The summed E-state index contributed by atoms with van der Waals surface area (Å²) in [5.41, 5.74) is -6.21. The molecule has 3 N–H and O–H groups in total. The summed E-state index contributed by atoms with van der Waals surface area (Å²) >= 11 is 0. The minimum Gasteiger partial charge on any atom is -0.457 e. The Bertz CT molecular complexity index is 2280. The Labute approximate surface area is 359 Å². The Morgan fingerprint density at radius 2 is 1.40 bits per heavy atom. The monoisotopic (exact) mass is 851 g/mol. The number of hydrogen-bond donors (Lipinski definition) is 3. The van der Waals surface area contributed by atoms with Crippen molar-refractivity contribution >= 4 is 35.6 Å². The third-order valence-electron chi connectivity index (χ3n) is 13.8. The molecule has 14 nitrogen and oxygen atoms in total. The summed E-state index contributed by atoms with van der Waals surface area (Å²) in [6, 6.07) is 24.5. The molecular weight excluding hydrogens is 799 g/mol. The van der Waals surface area contributed by atoms with Gasteiger partial charge in [-0.15, -0.1) is 0 Å². The van der Waals surface area contributed by atoms with Gasteiger partial charge in [-0.1, -0.05) is 80.6 Å². The second-order valence-electron chi connectivity index (χ2n) is 17.7. The van der Waals surface area contributed by atoms with Crippen LogP contribution in [0.3, 0.4) is 0 Å². The molecule has 0 spiro atoms. The zero-order chi connectivity index (χ0) is 44.9. The quantitative estimate of drug-likeness (QED) is 0.140. The molecule has 2 bridgehead atoms. The molecule has 14 heteroatoms. The van der Waals surface area contributed by atoms with Crippen molar-refractivity contribution in [1.82, 2.24) is 5.32 Å². The lowest BCUT2D eigenvalue weighted by Gasteiger charge is -2.67. The summed E-state index contributed by atoms with van der Waals surface area (Å²) in [5, 5.41) is 28.8. The molecule has 2 saturated carbocycles. The van der Waals surface area contributed by atoms with Gasteiger partial charge >= 0.3 is 23.9 Å². The fraction of sp³-hybridized carbons (Fsp3) is 0.458. The Kier molecular flexibility index (Phi) is 11.8. The average Bonchev–Trinajstić information content (AvgIpc) is 3.24. The normalized spacial score (nSPS) is 31.9. The van der Waals surface area contributed by atoms with Gasteiger partial charge in [0.1, 0.15) is 23.9 Å². The Balaban J connectivity index is 1.39. The molecular formula is C48H53NO13. The highest BCUT2D eigenvalue weighted by molar-refractivity contribution is 5.96. The van der Waals surface area contributed by atoms with Crippen LogP contribution >= 0.6 is 0 Å². The molecule has 0 radical (unpaired) electrons. The van der Waals surface area contributed by atoms with E-state index in [4.69, 9.17) is 23.7 Å². The van der Waals surface area contributed by atoms with Gasteiger partial charge in [0.05, 0.1) is 41.6 Å². The van der Waals surface area contributed by atoms with Crippen LogP contribution in [-0.2, 0) is 42.9 Å². The lowest BCUT2D eigenvalue weighted by atomic mass is 9.44. The second-order valence-corrected chi connectivity index (χ2v) is 17.7. The molecule has 1 unspecified atom stereocenters. The first kappa shape index (κ1) is 44.4. The van der Waals surface area contributed by atoms with E-state index in [1.54, 1.807) is 107 Å². The summed E-state index contributed by atoms with van der Waals surface area (Å²) in [5.74, 6) is -7.07. The number of benzene rings is 3. The van der Waals surface area contributed by atoms with Crippen LogP contribution in [-0.4, -0.2) is 94.1 Å². The molecule has 328 valence electrons. The number of rotatable bonds is 10. The molecule has 4 aliphatic rings. The van der Waals surface area contributed by atoms with E-state index in [-0.39, 0.29) is 29.7 Å². The third kappa shape index (κ3) is 7.31. The number of carbonyl (C=O) groups excluding carboxylic acids is 6. The number of fused-ring (bicyclic) bond motifs is 5. The highest BCUT2D eigenvalue weighted by Gasteiger charge is 2.78. The zero-order valence-electron chi connectivity index (χ0n) is 35.8. The molecule has 0 aromatic heterocycles. The molecule has 7 rings (SSSR count). The molecule has 11 atom stereocenters. The van der Waals surface area contributed by atoms with E-state index in [1.807, 2.05) is 0 Å². The standard InChI is InChI=1S/C48H53NO13/c1-26-33(60-43(55)27(2)37(30-17-11-8-12-18-30)49-42(54)31-19-13-9-14-20-31)24-48(57)41(61-44(56)32-21-15-10-16-22-32)39-46(7,34(52)23-35-47(39,25-58-35)62-29(4)51)40(53)38(59-28(3)50)36(26)45(48,5)6/h8-22,27,33-35,37-39,41,52,57H,23-25H2,1-7H3,(H,49,54)/t27-,33-,34-,35+,37-,38+,39+,41+,46+,47?,48+/m0/s1. The van der Waals surface area contributed by atoms with Gasteiger partial charge in [-0.05, 0) is 61.7 Å². The van der Waals surface area contributed by atoms with Crippen LogP contribution in [0, 0.1) is 22.7 Å². The summed E-state index contributed by atoms with van der Waals surface area (Å²) in [4.78, 5) is 83.9. The van der Waals surface area contributed by atoms with Crippen LogP contribution in [0.1, 0.15) is 93.6 Å². The first-order valence-corrected chi connectivity index (χ1v) is 20.8. The van der Waals surface area contributed by atoms with Crippen molar-refractivity contribution in [3.05, 3.63) is 119 Å². The number of hydrogen-bond acceptors (Lipinski definition) is 13. The lowest BCUT2D eigenvalue weighted by Crippen LogP contribution is -2.82. The van der Waals surface area contributed by atoms with Crippen LogP contribution in [0.4, 0.5) is 0 Å². The van der Waals surface area contributed by atoms with Crippen LogP contribution < -0.4 is 5.32 Å². The van der Waals surface area contributed by atoms with Gasteiger partial charge in [0.25, 0.3) is 5.91 Å². The van der Waals surface area contributed by atoms with E-state index in [1.165, 1.54) is 26.0 Å². The van der Waals surface area contributed by atoms with E-state index in [0.717, 1.165) is 6.92 Å². The predicted molar refractivity (Wildman–Crippen MR) is 221 cm³/mol. The van der Waals surface area contributed by atoms with Gasteiger partial charge in [0.2, 0.25) is 0 Å². The highest BCUT2D eigenvalue weighted by Crippen LogP contribution is 2.64. The van der Waals surface area contributed by atoms with Crippen molar-refractivity contribution in [3.8, 4) is 0 Å². The highest BCUT2D eigenvalue weighted by atomic mass is 16.6. The first-order valence-electron chi connectivity index (χ1n) is 20.8. The van der Waals surface area contributed by atoms with Crippen LogP contribution in [0.15, 0.2) is 102 Å². The number of amides is 1. The van der Waals surface area contributed by atoms with E-state index >= 15 is 4.79 Å². The van der Waals surface area contributed by atoms with Crippen LogP contribution in [0.2, 0.25) is 0 Å². The number of aliphatic hydroxyl groups is 2. The van der Waals surface area contributed by atoms with Crippen molar-refractivity contribution in [2.45, 2.75) is 109 Å². The fourth-order valence-corrected chi connectivity index (χ4v) is 10.4. The largest absolute Gasteiger partial charge is 0.457 e. The molecule has 1 amide bonds. The molecule has 1 heterocycles. The van der Waals surface area contributed by atoms with Crippen molar-refractivity contribution < 1.29 is 62.7 Å². The number of esters is 4. The zero-order valence-corrected chi connectivity index (χ0v) is 35.8. The van der Waals surface area contributed by atoms with E-state index in [9.17, 15) is 34.2 Å². The number of ether oxygens (including phenoxy) is 5. The number of Topliss-reactive ketones (excluding diaryl/α,β-unsaturated/α-hetero) is 1. The molecule has 62 heavy (non-hydrogen) atoms. The maximum absolute atomic E-state index is 15.5. The van der Waals surface area contributed by atoms with Gasteiger partial charge in [0, 0.05) is 37.7 Å². The maximum atomic E-state index is 15.5. The van der Waals surface area contributed by atoms with E-state index in [2.05, 4.69) is 5.32 Å². The molecule has 1 saturated heterocycles. The van der Waals surface area contributed by atoms with Crippen molar-refractivity contribution in [3.63, 3.8) is 0 Å². The maximum Gasteiger partial charge on any atom is 0.338 e. The average molecular weight is 852 g/mol. The van der Waals surface area contributed by atoms with Gasteiger partial charge in [-0.2, -0.15) is 0 Å². The van der Waals surface area contributed by atoms with E-state index in [0.29, 0.717) is 11.1 Å². The van der Waals surface area contributed by atoms with E-state index < -0.39 is 112 Å². The minimum absolute atomic E-state index is 0.0787. The van der Waals surface area contributed by atoms with Gasteiger partial charge < -0.3 is 39.2 Å². The molecule has 1 aliphatic heterocycles. The van der Waals surface area contributed by atoms with Crippen LogP contribution in [0.25, 0.3) is 0 Å². The Morgan fingerprint density at radius 1 is 0.823 bits per heavy atom. The third-order valence-corrected chi connectivity index (χ3v) is 13.8. The summed E-state index contributed by atoms with van der Waals surface area (Å²) in [7, 11) is 0. The SMILES string of the molecule is CC(=O)O[C@H]1C(=O)[C@]2(C)[C@@H](O)C[C@H]3OCC3(OC(C)=O)[C@@H]2[C@@H](OC(=O)c2ccccc2)[C@]2(O)C[C@H](OC(=O)[C@@H](C)[C@H](NC(=O)c3ccccc3)c3ccccc3)C(C)=C1C2(C)C. The first-order chi connectivity index (χ1) is 29.3.